The van der Waals surface area contributed by atoms with Gasteiger partial charge >= 0.3 is 0 Å². The molecular weight excluding hydrogens is 138 g/mol. The molecule has 0 radical (unpaired) electrons. The SMILES string of the molecule is C=CC(CC)=NC1=NCCN1. The molecule has 0 aromatic heterocycles. The minimum absolute atomic E-state index is 0.752. The molecule has 0 spiro atoms. The molecule has 0 amide bonds. The summed E-state index contributed by atoms with van der Waals surface area (Å²) in [5.74, 6) is 0.752. The molecule has 1 aliphatic rings. The van der Waals surface area contributed by atoms with E-state index in [0.29, 0.717) is 0 Å². The fraction of sp³-hybridized carbons (Fsp3) is 0.500. The molecule has 3 nitrogen and oxygen atoms in total. The Hall–Kier alpha value is -1.12. The van der Waals surface area contributed by atoms with Crippen molar-refractivity contribution in [2.24, 2.45) is 9.98 Å². The van der Waals surface area contributed by atoms with Gasteiger partial charge in [-0.1, -0.05) is 13.5 Å². The van der Waals surface area contributed by atoms with Gasteiger partial charge in [0.15, 0.2) is 0 Å². The average Bonchev–Trinajstić information content (AvgIpc) is 2.52. The van der Waals surface area contributed by atoms with E-state index in [1.807, 2.05) is 0 Å². The van der Waals surface area contributed by atoms with E-state index in [2.05, 4.69) is 28.8 Å². The molecule has 0 unspecified atom stereocenters. The molecule has 1 rings (SSSR count). The van der Waals surface area contributed by atoms with Crippen LogP contribution in [0.2, 0.25) is 0 Å². The molecule has 3 heteroatoms. The van der Waals surface area contributed by atoms with Crippen LogP contribution in [0.3, 0.4) is 0 Å². The van der Waals surface area contributed by atoms with Crippen molar-refractivity contribution < 1.29 is 0 Å². The standard InChI is InChI=1S/C8H13N3/c1-3-7(4-2)11-8-9-5-6-10-8/h3H,1,4-6H2,2H3,(H,9,10). The van der Waals surface area contributed by atoms with Crippen molar-refractivity contribution in [2.75, 3.05) is 13.1 Å². The maximum absolute atomic E-state index is 4.25. The van der Waals surface area contributed by atoms with Crippen LogP contribution in [0.5, 0.6) is 0 Å². The summed E-state index contributed by atoms with van der Waals surface area (Å²) in [5.41, 5.74) is 0.984. The van der Waals surface area contributed by atoms with E-state index in [0.717, 1.165) is 31.2 Å². The van der Waals surface area contributed by atoms with Crippen molar-refractivity contribution >= 4 is 11.7 Å². The van der Waals surface area contributed by atoms with E-state index in [-0.39, 0.29) is 0 Å². The molecule has 60 valence electrons. The Morgan fingerprint density at radius 2 is 2.73 bits per heavy atom. The van der Waals surface area contributed by atoms with E-state index in [1.165, 1.54) is 0 Å². The highest BCUT2D eigenvalue weighted by Crippen LogP contribution is 1.92. The summed E-state index contributed by atoms with van der Waals surface area (Å²) >= 11 is 0. The Morgan fingerprint density at radius 3 is 3.18 bits per heavy atom. The Bertz CT molecular complexity index is 203. The third kappa shape index (κ3) is 2.18. The molecule has 11 heavy (non-hydrogen) atoms. The van der Waals surface area contributed by atoms with E-state index in [1.54, 1.807) is 6.08 Å². The average molecular weight is 151 g/mol. The largest absolute Gasteiger partial charge is 0.353 e. The molecule has 1 N–H and O–H groups in total. The van der Waals surface area contributed by atoms with Crippen LogP contribution in [0.4, 0.5) is 0 Å². The first-order chi connectivity index (χ1) is 5.36. The van der Waals surface area contributed by atoms with Crippen LogP contribution >= 0.6 is 0 Å². The van der Waals surface area contributed by atoms with Gasteiger partial charge in [0.25, 0.3) is 0 Å². The highest BCUT2D eigenvalue weighted by molar-refractivity contribution is 6.03. The fourth-order valence-corrected chi connectivity index (χ4v) is 0.865. The lowest BCUT2D eigenvalue weighted by molar-refractivity contribution is 0.957. The lowest BCUT2D eigenvalue weighted by Gasteiger charge is -1.96. The molecule has 0 fully saturated rings. The fourth-order valence-electron chi connectivity index (χ4n) is 0.865. The van der Waals surface area contributed by atoms with Crippen molar-refractivity contribution in [1.82, 2.24) is 5.32 Å². The van der Waals surface area contributed by atoms with Crippen LogP contribution in [0.15, 0.2) is 22.6 Å². The van der Waals surface area contributed by atoms with Crippen LogP contribution in [0.1, 0.15) is 13.3 Å². The monoisotopic (exact) mass is 151 g/mol. The molecule has 0 aliphatic carbocycles. The van der Waals surface area contributed by atoms with Gasteiger partial charge in [-0.15, -0.1) is 0 Å². The summed E-state index contributed by atoms with van der Waals surface area (Å²) in [7, 11) is 0. The predicted molar refractivity (Wildman–Crippen MR) is 48.2 cm³/mol. The molecule has 1 heterocycles. The summed E-state index contributed by atoms with van der Waals surface area (Å²) in [6.07, 6.45) is 2.67. The highest BCUT2D eigenvalue weighted by atomic mass is 15.2. The zero-order valence-electron chi connectivity index (χ0n) is 6.80. The number of guanidine groups is 1. The summed E-state index contributed by atoms with van der Waals surface area (Å²) in [5, 5.41) is 3.07. The number of nitrogens with one attached hydrogen (secondary N) is 1. The van der Waals surface area contributed by atoms with E-state index >= 15 is 0 Å². The number of hydrogen-bond donors (Lipinski definition) is 1. The van der Waals surface area contributed by atoms with Crippen molar-refractivity contribution in [3.8, 4) is 0 Å². The normalized spacial score (nSPS) is 17.5. The van der Waals surface area contributed by atoms with Crippen molar-refractivity contribution in [2.45, 2.75) is 13.3 Å². The van der Waals surface area contributed by atoms with E-state index < -0.39 is 0 Å². The zero-order valence-corrected chi connectivity index (χ0v) is 6.80. The van der Waals surface area contributed by atoms with Gasteiger partial charge in [0.1, 0.15) is 0 Å². The Kier molecular flexibility index (Phi) is 2.83. The van der Waals surface area contributed by atoms with Gasteiger partial charge in [-0.05, 0) is 12.5 Å². The molecule has 0 atom stereocenters. The third-order valence-corrected chi connectivity index (χ3v) is 1.50. The molecule has 1 aliphatic heterocycles. The van der Waals surface area contributed by atoms with Crippen LogP contribution in [-0.2, 0) is 0 Å². The van der Waals surface area contributed by atoms with E-state index in [9.17, 15) is 0 Å². The van der Waals surface area contributed by atoms with Gasteiger partial charge in [-0.25, -0.2) is 9.98 Å². The molecule has 0 saturated carbocycles. The van der Waals surface area contributed by atoms with Gasteiger partial charge in [-0.3, -0.25) is 0 Å². The van der Waals surface area contributed by atoms with Gasteiger partial charge in [0.05, 0.1) is 6.54 Å². The minimum atomic E-state index is 0.752. The summed E-state index contributed by atoms with van der Waals surface area (Å²) in [6, 6.07) is 0. The Balaban J connectivity index is 2.60. The van der Waals surface area contributed by atoms with Gasteiger partial charge in [-0.2, -0.15) is 0 Å². The quantitative estimate of drug-likeness (QED) is 0.587. The number of nitrogens with zero attached hydrogens (tertiary/aromatic N) is 2. The van der Waals surface area contributed by atoms with Crippen molar-refractivity contribution in [1.29, 1.82) is 0 Å². The van der Waals surface area contributed by atoms with E-state index in [4.69, 9.17) is 0 Å². The second-order valence-corrected chi connectivity index (χ2v) is 2.29. The lowest BCUT2D eigenvalue weighted by atomic mass is 10.3. The van der Waals surface area contributed by atoms with Gasteiger partial charge in [0.2, 0.25) is 5.96 Å². The maximum atomic E-state index is 4.25. The Labute approximate surface area is 66.9 Å². The predicted octanol–water partition coefficient (Wildman–Crippen LogP) is 0.983. The molecule has 0 saturated heterocycles. The van der Waals surface area contributed by atoms with Crippen LogP contribution in [-0.4, -0.2) is 24.8 Å². The first-order valence-electron chi connectivity index (χ1n) is 3.85. The molecule has 0 bridgehead atoms. The Morgan fingerprint density at radius 1 is 1.91 bits per heavy atom. The summed E-state index contributed by atoms with van der Waals surface area (Å²) in [4.78, 5) is 8.39. The van der Waals surface area contributed by atoms with Gasteiger partial charge < -0.3 is 5.32 Å². The van der Waals surface area contributed by atoms with Crippen molar-refractivity contribution in [3.63, 3.8) is 0 Å². The second kappa shape index (κ2) is 3.91. The second-order valence-electron chi connectivity index (χ2n) is 2.29. The molecular formula is C8H13N3. The lowest BCUT2D eigenvalue weighted by Crippen LogP contribution is -2.17. The third-order valence-electron chi connectivity index (χ3n) is 1.50. The van der Waals surface area contributed by atoms with Crippen molar-refractivity contribution in [3.05, 3.63) is 12.7 Å². The first kappa shape index (κ1) is 7.98. The van der Waals surface area contributed by atoms with Crippen LogP contribution < -0.4 is 5.32 Å². The van der Waals surface area contributed by atoms with Crippen LogP contribution in [0.25, 0.3) is 0 Å². The zero-order chi connectivity index (χ0) is 8.10. The minimum Gasteiger partial charge on any atom is -0.353 e. The highest BCUT2D eigenvalue weighted by Gasteiger charge is 2.02. The molecule has 0 aromatic carbocycles. The smallest absolute Gasteiger partial charge is 0.218 e. The number of rotatable bonds is 2. The summed E-state index contributed by atoms with van der Waals surface area (Å²) < 4.78 is 0. The number of aliphatic imine (C=N–C) groups is 2. The molecule has 0 aromatic rings. The first-order valence-corrected chi connectivity index (χ1v) is 3.85. The summed E-state index contributed by atoms with van der Waals surface area (Å²) in [6.45, 7) is 7.46. The topological polar surface area (TPSA) is 36.8 Å². The maximum Gasteiger partial charge on any atom is 0.218 e. The van der Waals surface area contributed by atoms with Gasteiger partial charge in [0, 0.05) is 12.3 Å². The van der Waals surface area contributed by atoms with Crippen LogP contribution in [0, 0.1) is 0 Å². The number of allylic oxidation sites excluding steroid dienone is 1. The number of hydrogen-bond acceptors (Lipinski definition) is 3.